The third-order valence-corrected chi connectivity index (χ3v) is 5.20. The number of nitrogens with one attached hydrogen (secondary N) is 1. The molecule has 6 heteroatoms. The van der Waals surface area contributed by atoms with Crippen LogP contribution in [0.3, 0.4) is 0 Å². The fourth-order valence-corrected chi connectivity index (χ4v) is 3.72. The van der Waals surface area contributed by atoms with Gasteiger partial charge in [0.15, 0.2) is 0 Å². The fraction of sp³-hybridized carbons (Fsp3) is 0.533. The van der Waals surface area contributed by atoms with E-state index in [0.29, 0.717) is 12.1 Å². The number of aliphatic hydroxyl groups excluding tert-OH is 1. The molecular weight excluding hydrogens is 288 g/mol. The molecule has 21 heavy (non-hydrogen) atoms. The summed E-state index contributed by atoms with van der Waals surface area (Å²) in [7, 11) is -3.58. The highest BCUT2D eigenvalue weighted by atomic mass is 32.2. The van der Waals surface area contributed by atoms with Gasteiger partial charge in [-0.3, -0.25) is 4.98 Å². The number of aromatic nitrogens is 1. The Morgan fingerprint density at radius 2 is 2.10 bits per heavy atom. The van der Waals surface area contributed by atoms with Crippen LogP contribution in [0.15, 0.2) is 23.4 Å². The minimum atomic E-state index is -3.58. The first kappa shape index (κ1) is 16.0. The Balaban J connectivity index is 2.12. The van der Waals surface area contributed by atoms with Crippen LogP contribution in [0.5, 0.6) is 0 Å². The van der Waals surface area contributed by atoms with Crippen molar-refractivity contribution in [2.75, 3.05) is 13.2 Å². The van der Waals surface area contributed by atoms with E-state index in [4.69, 9.17) is 5.11 Å². The van der Waals surface area contributed by atoms with Crippen molar-refractivity contribution in [3.8, 4) is 11.8 Å². The lowest BCUT2D eigenvalue weighted by Gasteiger charge is -2.23. The number of nitrogens with zero attached hydrogens (tertiary/aromatic N) is 1. The minimum absolute atomic E-state index is 0.0504. The normalized spacial score (nSPS) is 17.2. The van der Waals surface area contributed by atoms with Crippen molar-refractivity contribution in [2.24, 2.45) is 5.41 Å². The van der Waals surface area contributed by atoms with Crippen LogP contribution in [0, 0.1) is 17.3 Å². The van der Waals surface area contributed by atoms with Crippen LogP contribution >= 0.6 is 0 Å². The van der Waals surface area contributed by atoms with Crippen molar-refractivity contribution in [1.29, 1.82) is 0 Å². The molecular formula is C15H20N2O3S. The molecule has 0 atom stereocenters. The van der Waals surface area contributed by atoms with Crippen molar-refractivity contribution < 1.29 is 13.5 Å². The molecule has 114 valence electrons. The second-order valence-electron chi connectivity index (χ2n) is 5.71. The predicted molar refractivity (Wildman–Crippen MR) is 80.0 cm³/mol. The molecule has 1 aromatic heterocycles. The Bertz CT molecular complexity index is 653. The molecule has 1 saturated carbocycles. The molecule has 0 aromatic carbocycles. The van der Waals surface area contributed by atoms with Gasteiger partial charge in [-0.15, -0.1) is 0 Å². The molecule has 0 aliphatic heterocycles. The van der Waals surface area contributed by atoms with Gasteiger partial charge in [0, 0.05) is 24.5 Å². The third-order valence-electron chi connectivity index (χ3n) is 3.83. The first-order chi connectivity index (χ1) is 9.95. The van der Waals surface area contributed by atoms with E-state index in [0.717, 1.165) is 25.7 Å². The van der Waals surface area contributed by atoms with Crippen LogP contribution in [-0.2, 0) is 10.0 Å². The summed E-state index contributed by atoms with van der Waals surface area (Å²) < 4.78 is 27.3. The lowest BCUT2D eigenvalue weighted by molar-refractivity contribution is 0.336. The Morgan fingerprint density at radius 1 is 1.38 bits per heavy atom. The highest BCUT2D eigenvalue weighted by Crippen LogP contribution is 2.36. The molecule has 2 N–H and O–H groups in total. The van der Waals surface area contributed by atoms with Crippen LogP contribution in [0.4, 0.5) is 0 Å². The van der Waals surface area contributed by atoms with Gasteiger partial charge in [-0.05, 0) is 24.3 Å². The molecule has 1 heterocycles. The largest absolute Gasteiger partial charge is 0.384 e. The summed E-state index contributed by atoms with van der Waals surface area (Å²) >= 11 is 0. The Hall–Kier alpha value is -1.42. The third kappa shape index (κ3) is 4.27. The van der Waals surface area contributed by atoms with Gasteiger partial charge < -0.3 is 5.11 Å². The fourth-order valence-electron chi connectivity index (χ4n) is 2.53. The number of hydrogen-bond acceptors (Lipinski definition) is 4. The molecule has 1 aliphatic carbocycles. The summed E-state index contributed by atoms with van der Waals surface area (Å²) in [6.45, 7) is 2.29. The van der Waals surface area contributed by atoms with Crippen LogP contribution < -0.4 is 4.72 Å². The maximum atomic E-state index is 12.3. The smallest absolute Gasteiger partial charge is 0.242 e. The summed E-state index contributed by atoms with van der Waals surface area (Å²) in [6, 6.07) is 1.47. The van der Waals surface area contributed by atoms with E-state index < -0.39 is 10.0 Å². The SMILES string of the molecule is CC1(CNS(=O)(=O)c2cncc(C#CCO)c2)CCCC1. The molecule has 0 bridgehead atoms. The lowest BCUT2D eigenvalue weighted by atomic mass is 9.89. The van der Waals surface area contributed by atoms with Gasteiger partial charge in [0.25, 0.3) is 0 Å². The van der Waals surface area contributed by atoms with Crippen LogP contribution in [0.25, 0.3) is 0 Å². The summed E-state index contributed by atoms with van der Waals surface area (Å²) in [6.07, 6.45) is 7.20. The van der Waals surface area contributed by atoms with Crippen molar-refractivity contribution in [1.82, 2.24) is 9.71 Å². The van der Waals surface area contributed by atoms with Gasteiger partial charge in [-0.1, -0.05) is 31.6 Å². The van der Waals surface area contributed by atoms with Gasteiger partial charge in [0.2, 0.25) is 10.0 Å². The first-order valence-electron chi connectivity index (χ1n) is 7.00. The molecule has 0 unspecified atom stereocenters. The number of sulfonamides is 1. The van der Waals surface area contributed by atoms with E-state index in [9.17, 15) is 8.42 Å². The quantitative estimate of drug-likeness (QED) is 0.821. The van der Waals surface area contributed by atoms with Crippen LogP contribution in [0.2, 0.25) is 0 Å². The van der Waals surface area contributed by atoms with Gasteiger partial charge in [0.1, 0.15) is 11.5 Å². The van der Waals surface area contributed by atoms with E-state index in [1.54, 1.807) is 0 Å². The van der Waals surface area contributed by atoms with E-state index in [2.05, 4.69) is 28.5 Å². The lowest BCUT2D eigenvalue weighted by Crippen LogP contribution is -2.34. The second-order valence-corrected chi connectivity index (χ2v) is 7.48. The number of aliphatic hydroxyl groups is 1. The Labute approximate surface area is 125 Å². The molecule has 0 amide bonds. The molecule has 0 spiro atoms. The Kier molecular flexibility index (Phi) is 4.99. The van der Waals surface area contributed by atoms with Gasteiger partial charge >= 0.3 is 0 Å². The van der Waals surface area contributed by atoms with Gasteiger partial charge in [-0.25, -0.2) is 13.1 Å². The summed E-state index contributed by atoms with van der Waals surface area (Å²) in [4.78, 5) is 4.00. The van der Waals surface area contributed by atoms with Crippen molar-refractivity contribution in [3.63, 3.8) is 0 Å². The van der Waals surface area contributed by atoms with Crippen LogP contribution in [0.1, 0.15) is 38.2 Å². The molecule has 1 fully saturated rings. The van der Waals surface area contributed by atoms with Gasteiger partial charge in [0.05, 0.1) is 0 Å². The summed E-state index contributed by atoms with van der Waals surface area (Å²) in [5, 5.41) is 8.67. The average Bonchev–Trinajstić information content (AvgIpc) is 2.91. The number of pyridine rings is 1. The molecule has 1 aliphatic rings. The second kappa shape index (κ2) is 6.56. The van der Waals surface area contributed by atoms with E-state index in [-0.39, 0.29) is 16.9 Å². The monoisotopic (exact) mass is 308 g/mol. The van der Waals surface area contributed by atoms with Crippen molar-refractivity contribution in [2.45, 2.75) is 37.5 Å². The van der Waals surface area contributed by atoms with Crippen molar-refractivity contribution >= 4 is 10.0 Å². The zero-order valence-corrected chi connectivity index (χ0v) is 12.9. The minimum Gasteiger partial charge on any atom is -0.384 e. The van der Waals surface area contributed by atoms with Crippen LogP contribution in [-0.4, -0.2) is 31.7 Å². The highest BCUT2D eigenvalue weighted by Gasteiger charge is 2.30. The Morgan fingerprint density at radius 3 is 2.76 bits per heavy atom. The summed E-state index contributed by atoms with van der Waals surface area (Å²) in [5.74, 6) is 5.13. The van der Waals surface area contributed by atoms with Gasteiger partial charge in [-0.2, -0.15) is 0 Å². The average molecular weight is 308 g/mol. The summed E-state index contributed by atoms with van der Waals surface area (Å²) in [5.41, 5.74) is 0.522. The number of rotatable bonds is 4. The molecule has 0 saturated heterocycles. The van der Waals surface area contributed by atoms with E-state index in [1.807, 2.05) is 0 Å². The predicted octanol–water partition coefficient (Wildman–Crippen LogP) is 1.28. The molecule has 1 aromatic rings. The highest BCUT2D eigenvalue weighted by molar-refractivity contribution is 7.89. The zero-order valence-electron chi connectivity index (χ0n) is 12.1. The maximum absolute atomic E-state index is 12.3. The molecule has 5 nitrogen and oxygen atoms in total. The zero-order chi connectivity index (χ0) is 15.3. The first-order valence-corrected chi connectivity index (χ1v) is 8.48. The molecule has 2 rings (SSSR count). The molecule has 0 radical (unpaired) electrons. The van der Waals surface area contributed by atoms with E-state index in [1.165, 1.54) is 18.5 Å². The maximum Gasteiger partial charge on any atom is 0.242 e. The standard InChI is InChI=1S/C15H20N2O3S/c1-15(6-2-3-7-15)12-17-21(19,20)14-9-13(5-4-8-18)10-16-11-14/h9-11,17-18H,2-3,6-8,12H2,1H3. The van der Waals surface area contributed by atoms with Crippen molar-refractivity contribution in [3.05, 3.63) is 24.0 Å². The number of hydrogen-bond donors (Lipinski definition) is 2. The topological polar surface area (TPSA) is 79.3 Å². The van der Waals surface area contributed by atoms with E-state index >= 15 is 0 Å².